The SMILES string of the molecule is C[C@@]1(NC(=O)CCS(C)(=O)=O)CCOC2(CCNCC2)[C@H]1O. The molecular weight excluding hydrogens is 308 g/mol. The molecule has 8 heteroatoms. The summed E-state index contributed by atoms with van der Waals surface area (Å²) in [5.74, 6) is -0.533. The lowest BCUT2D eigenvalue weighted by molar-refractivity contribution is -0.200. The minimum Gasteiger partial charge on any atom is -0.388 e. The molecule has 2 fully saturated rings. The first kappa shape index (κ1) is 17.7. The van der Waals surface area contributed by atoms with Gasteiger partial charge < -0.3 is 20.5 Å². The third-order valence-corrected chi connectivity index (χ3v) is 5.63. The molecule has 1 amide bonds. The molecular formula is C14H26N2O5S. The number of ether oxygens (including phenoxy) is 1. The lowest BCUT2D eigenvalue weighted by Crippen LogP contribution is -2.69. The standard InChI is InChI=1S/C14H26N2O5S/c1-13(16-11(17)3-10-22(2,19)20)6-9-21-14(12(13)18)4-7-15-8-5-14/h12,15,18H,3-10H2,1-2H3,(H,16,17)/t12-,13+/m0/s1. The number of amides is 1. The van der Waals surface area contributed by atoms with Gasteiger partial charge in [-0.05, 0) is 39.3 Å². The van der Waals surface area contributed by atoms with E-state index < -0.39 is 27.1 Å². The highest BCUT2D eigenvalue weighted by Crippen LogP contribution is 2.38. The number of nitrogens with one attached hydrogen (secondary N) is 2. The molecule has 3 N–H and O–H groups in total. The van der Waals surface area contributed by atoms with Gasteiger partial charge in [0.25, 0.3) is 0 Å². The van der Waals surface area contributed by atoms with Gasteiger partial charge in [-0.2, -0.15) is 0 Å². The Balaban J connectivity index is 2.03. The van der Waals surface area contributed by atoms with Crippen LogP contribution < -0.4 is 10.6 Å². The summed E-state index contributed by atoms with van der Waals surface area (Å²) < 4.78 is 28.2. The van der Waals surface area contributed by atoms with Crippen LogP contribution in [0, 0.1) is 0 Å². The number of carbonyl (C=O) groups is 1. The molecule has 2 rings (SSSR count). The molecule has 2 aliphatic heterocycles. The maximum Gasteiger partial charge on any atom is 0.221 e. The number of piperidine rings is 1. The minimum absolute atomic E-state index is 0.0867. The van der Waals surface area contributed by atoms with Crippen molar-refractivity contribution < 1.29 is 23.1 Å². The van der Waals surface area contributed by atoms with Crippen LogP contribution in [0.2, 0.25) is 0 Å². The quantitative estimate of drug-likeness (QED) is 0.622. The second-order valence-electron chi connectivity index (χ2n) is 6.66. The van der Waals surface area contributed by atoms with E-state index in [2.05, 4.69) is 10.6 Å². The summed E-state index contributed by atoms with van der Waals surface area (Å²) >= 11 is 0. The average Bonchev–Trinajstić information content (AvgIpc) is 2.43. The van der Waals surface area contributed by atoms with E-state index in [1.807, 2.05) is 6.92 Å². The Morgan fingerprint density at radius 2 is 2.00 bits per heavy atom. The van der Waals surface area contributed by atoms with Gasteiger partial charge in [0.05, 0.1) is 16.9 Å². The van der Waals surface area contributed by atoms with Crippen LogP contribution in [0.5, 0.6) is 0 Å². The van der Waals surface area contributed by atoms with Crippen LogP contribution >= 0.6 is 0 Å². The lowest BCUT2D eigenvalue weighted by atomic mass is 9.73. The van der Waals surface area contributed by atoms with E-state index in [-0.39, 0.29) is 18.1 Å². The molecule has 22 heavy (non-hydrogen) atoms. The summed E-state index contributed by atoms with van der Waals surface area (Å²) in [5.41, 5.74) is -1.41. The highest BCUT2D eigenvalue weighted by Gasteiger charge is 2.52. The van der Waals surface area contributed by atoms with Gasteiger partial charge >= 0.3 is 0 Å². The normalized spacial score (nSPS) is 31.9. The van der Waals surface area contributed by atoms with Crippen molar-refractivity contribution in [3.05, 3.63) is 0 Å². The Kier molecular flexibility index (Phi) is 5.16. The van der Waals surface area contributed by atoms with Gasteiger partial charge in [0, 0.05) is 19.3 Å². The number of aliphatic hydroxyl groups excluding tert-OH is 1. The molecule has 128 valence electrons. The fourth-order valence-electron chi connectivity index (χ4n) is 3.32. The van der Waals surface area contributed by atoms with Crippen molar-refractivity contribution in [3.63, 3.8) is 0 Å². The van der Waals surface area contributed by atoms with Crippen LogP contribution in [0.1, 0.15) is 32.6 Å². The first-order valence-electron chi connectivity index (χ1n) is 7.68. The third-order valence-electron chi connectivity index (χ3n) is 4.69. The van der Waals surface area contributed by atoms with Crippen LogP contribution in [0.3, 0.4) is 0 Å². The Hall–Kier alpha value is -0.700. The van der Waals surface area contributed by atoms with Crippen molar-refractivity contribution in [2.24, 2.45) is 0 Å². The molecule has 2 atom stereocenters. The van der Waals surface area contributed by atoms with Gasteiger partial charge in [-0.3, -0.25) is 4.79 Å². The molecule has 2 saturated heterocycles. The Bertz CT molecular complexity index is 510. The summed E-state index contributed by atoms with van der Waals surface area (Å²) in [6, 6.07) is 0. The number of aliphatic hydroxyl groups is 1. The molecule has 2 aliphatic rings. The fraction of sp³-hybridized carbons (Fsp3) is 0.929. The number of carbonyl (C=O) groups excluding carboxylic acids is 1. The molecule has 0 aromatic rings. The molecule has 0 bridgehead atoms. The van der Waals surface area contributed by atoms with Crippen molar-refractivity contribution in [1.29, 1.82) is 0 Å². The summed E-state index contributed by atoms with van der Waals surface area (Å²) in [6.45, 7) is 3.83. The molecule has 0 aromatic heterocycles. The van der Waals surface area contributed by atoms with Crippen LogP contribution in [-0.2, 0) is 19.4 Å². The zero-order valence-electron chi connectivity index (χ0n) is 13.2. The highest BCUT2D eigenvalue weighted by atomic mass is 32.2. The highest BCUT2D eigenvalue weighted by molar-refractivity contribution is 7.90. The minimum atomic E-state index is -3.18. The van der Waals surface area contributed by atoms with Gasteiger partial charge in [-0.1, -0.05) is 0 Å². The average molecular weight is 334 g/mol. The molecule has 0 radical (unpaired) electrons. The van der Waals surface area contributed by atoms with Crippen LogP contribution in [0.25, 0.3) is 0 Å². The third kappa shape index (κ3) is 3.98. The number of rotatable bonds is 4. The monoisotopic (exact) mass is 334 g/mol. The van der Waals surface area contributed by atoms with E-state index in [1.165, 1.54) is 0 Å². The predicted molar refractivity (Wildman–Crippen MR) is 82.3 cm³/mol. The molecule has 7 nitrogen and oxygen atoms in total. The van der Waals surface area contributed by atoms with Crippen LogP contribution in [-0.4, -0.2) is 68.4 Å². The molecule has 0 unspecified atom stereocenters. The largest absolute Gasteiger partial charge is 0.388 e. The van der Waals surface area contributed by atoms with Gasteiger partial charge in [-0.15, -0.1) is 0 Å². The first-order chi connectivity index (χ1) is 10.2. The summed E-state index contributed by atoms with van der Waals surface area (Å²) in [7, 11) is -3.18. The van der Waals surface area contributed by atoms with Gasteiger partial charge in [0.15, 0.2) is 0 Å². The van der Waals surface area contributed by atoms with E-state index in [1.54, 1.807) is 0 Å². The predicted octanol–water partition coefficient (Wildman–Crippen LogP) is -0.801. The maximum absolute atomic E-state index is 12.0. The van der Waals surface area contributed by atoms with Crippen LogP contribution in [0.4, 0.5) is 0 Å². The van der Waals surface area contributed by atoms with Crippen LogP contribution in [0.15, 0.2) is 0 Å². The van der Waals surface area contributed by atoms with Crippen molar-refractivity contribution >= 4 is 15.7 Å². The molecule has 0 saturated carbocycles. The van der Waals surface area contributed by atoms with E-state index in [4.69, 9.17) is 4.74 Å². The Morgan fingerprint density at radius 1 is 1.36 bits per heavy atom. The summed E-state index contributed by atoms with van der Waals surface area (Å²) in [5, 5.41) is 16.9. The second kappa shape index (κ2) is 6.43. The molecule has 0 aromatic carbocycles. The van der Waals surface area contributed by atoms with Gasteiger partial charge in [0.2, 0.25) is 5.91 Å². The van der Waals surface area contributed by atoms with E-state index in [0.717, 1.165) is 19.3 Å². The first-order valence-corrected chi connectivity index (χ1v) is 9.74. The van der Waals surface area contributed by atoms with Crippen molar-refractivity contribution in [1.82, 2.24) is 10.6 Å². The zero-order valence-corrected chi connectivity index (χ0v) is 14.0. The van der Waals surface area contributed by atoms with Gasteiger partial charge in [-0.25, -0.2) is 8.42 Å². The number of hydrogen-bond donors (Lipinski definition) is 3. The summed E-state index contributed by atoms with van der Waals surface area (Å²) in [6.07, 6.45) is 2.12. The second-order valence-corrected chi connectivity index (χ2v) is 8.92. The number of sulfone groups is 1. The molecule has 0 aliphatic carbocycles. The smallest absolute Gasteiger partial charge is 0.221 e. The van der Waals surface area contributed by atoms with E-state index >= 15 is 0 Å². The Labute approximate surface area is 131 Å². The van der Waals surface area contributed by atoms with Crippen molar-refractivity contribution in [2.45, 2.75) is 49.9 Å². The molecule has 2 heterocycles. The van der Waals surface area contributed by atoms with Crippen molar-refractivity contribution in [3.8, 4) is 0 Å². The lowest BCUT2D eigenvalue weighted by Gasteiger charge is -2.52. The Morgan fingerprint density at radius 3 is 2.59 bits per heavy atom. The zero-order chi connectivity index (χ0) is 16.4. The summed E-state index contributed by atoms with van der Waals surface area (Å²) in [4.78, 5) is 12.0. The maximum atomic E-state index is 12.0. The van der Waals surface area contributed by atoms with E-state index in [9.17, 15) is 18.3 Å². The van der Waals surface area contributed by atoms with Crippen molar-refractivity contribution in [2.75, 3.05) is 31.7 Å². The number of hydrogen-bond acceptors (Lipinski definition) is 6. The molecule has 1 spiro atoms. The van der Waals surface area contributed by atoms with Gasteiger partial charge in [0.1, 0.15) is 15.9 Å². The topological polar surface area (TPSA) is 105 Å². The fourth-order valence-corrected chi connectivity index (χ4v) is 3.88. The van der Waals surface area contributed by atoms with E-state index in [0.29, 0.717) is 25.9 Å².